The molecule has 1 aromatic rings. The number of nitrogens with two attached hydrogens (primary N) is 1. The van der Waals surface area contributed by atoms with Gasteiger partial charge in [0.2, 0.25) is 5.88 Å². The van der Waals surface area contributed by atoms with Crippen LogP contribution in [0.4, 0.5) is 5.69 Å². The number of hydrogen-bond donors (Lipinski definition) is 1. The SMILES string of the molecule is CCCCOCCOc1nccc(C#N)c1N. The Kier molecular flexibility index (Phi) is 5.83. The molecule has 0 amide bonds. The summed E-state index contributed by atoms with van der Waals surface area (Å²) >= 11 is 0. The van der Waals surface area contributed by atoms with Crippen molar-refractivity contribution >= 4 is 5.69 Å². The number of hydrogen-bond acceptors (Lipinski definition) is 5. The van der Waals surface area contributed by atoms with Gasteiger partial charge in [0.1, 0.15) is 18.4 Å². The van der Waals surface area contributed by atoms with Crippen LogP contribution in [-0.2, 0) is 4.74 Å². The van der Waals surface area contributed by atoms with E-state index in [-0.39, 0.29) is 5.69 Å². The minimum Gasteiger partial charge on any atom is -0.474 e. The van der Waals surface area contributed by atoms with Gasteiger partial charge in [-0.15, -0.1) is 0 Å². The summed E-state index contributed by atoms with van der Waals surface area (Å²) in [4.78, 5) is 3.97. The van der Waals surface area contributed by atoms with Crippen LogP contribution in [0.25, 0.3) is 0 Å². The van der Waals surface area contributed by atoms with Gasteiger partial charge >= 0.3 is 0 Å². The van der Waals surface area contributed by atoms with Gasteiger partial charge in [-0.2, -0.15) is 5.26 Å². The number of nitriles is 1. The molecule has 1 aromatic heterocycles. The first-order chi connectivity index (χ1) is 8.29. The highest BCUT2D eigenvalue weighted by Gasteiger charge is 2.06. The molecule has 5 heteroatoms. The third kappa shape index (κ3) is 4.29. The van der Waals surface area contributed by atoms with Gasteiger partial charge in [-0.1, -0.05) is 13.3 Å². The zero-order valence-corrected chi connectivity index (χ0v) is 9.98. The lowest BCUT2D eigenvalue weighted by atomic mass is 10.2. The molecule has 0 spiro atoms. The Balaban J connectivity index is 2.35. The molecular weight excluding hydrogens is 218 g/mol. The number of aromatic nitrogens is 1. The summed E-state index contributed by atoms with van der Waals surface area (Å²) in [6, 6.07) is 3.53. The molecule has 0 bridgehead atoms. The highest BCUT2D eigenvalue weighted by molar-refractivity contribution is 5.59. The van der Waals surface area contributed by atoms with Gasteiger partial charge in [-0.05, 0) is 12.5 Å². The number of nitrogen functional groups attached to an aromatic ring is 1. The maximum absolute atomic E-state index is 8.77. The minimum absolute atomic E-state index is 0.281. The highest BCUT2D eigenvalue weighted by atomic mass is 16.5. The fourth-order valence-corrected chi connectivity index (χ4v) is 1.21. The molecule has 0 aliphatic rings. The highest BCUT2D eigenvalue weighted by Crippen LogP contribution is 2.20. The first-order valence-electron chi connectivity index (χ1n) is 5.64. The first kappa shape index (κ1) is 13.3. The molecule has 0 aromatic carbocycles. The third-order valence-electron chi connectivity index (χ3n) is 2.18. The van der Waals surface area contributed by atoms with E-state index < -0.39 is 0 Å². The average Bonchev–Trinajstić information content (AvgIpc) is 2.35. The molecule has 0 aliphatic heterocycles. The van der Waals surface area contributed by atoms with Gasteiger partial charge in [0.25, 0.3) is 0 Å². The number of nitrogens with zero attached hydrogens (tertiary/aromatic N) is 2. The standard InChI is InChI=1S/C12H17N3O2/c1-2-3-6-16-7-8-17-12-11(14)10(9-13)4-5-15-12/h4-5H,2-3,6-8,14H2,1H3. The Morgan fingerprint density at radius 3 is 2.94 bits per heavy atom. The van der Waals surface area contributed by atoms with Crippen molar-refractivity contribution in [3.05, 3.63) is 17.8 Å². The van der Waals surface area contributed by atoms with Crippen LogP contribution in [0.15, 0.2) is 12.3 Å². The van der Waals surface area contributed by atoms with Gasteiger partial charge in [0.05, 0.1) is 12.2 Å². The fourth-order valence-electron chi connectivity index (χ4n) is 1.21. The first-order valence-corrected chi connectivity index (χ1v) is 5.64. The monoisotopic (exact) mass is 235 g/mol. The second-order valence-electron chi connectivity index (χ2n) is 3.50. The van der Waals surface area contributed by atoms with Crippen molar-refractivity contribution < 1.29 is 9.47 Å². The summed E-state index contributed by atoms with van der Waals surface area (Å²) in [6.07, 6.45) is 3.66. The summed E-state index contributed by atoms with van der Waals surface area (Å²) in [5, 5.41) is 8.77. The van der Waals surface area contributed by atoms with E-state index in [9.17, 15) is 0 Å². The van der Waals surface area contributed by atoms with Crippen molar-refractivity contribution in [3.8, 4) is 11.9 Å². The Labute approximate surface area is 101 Å². The van der Waals surface area contributed by atoms with Gasteiger partial charge in [-0.3, -0.25) is 0 Å². The maximum atomic E-state index is 8.77. The Bertz CT molecular complexity index is 388. The Hall–Kier alpha value is -1.80. The van der Waals surface area contributed by atoms with Crippen LogP contribution in [-0.4, -0.2) is 24.8 Å². The van der Waals surface area contributed by atoms with Crippen LogP contribution in [0, 0.1) is 11.3 Å². The van der Waals surface area contributed by atoms with Gasteiger partial charge in [0.15, 0.2) is 0 Å². The molecule has 0 radical (unpaired) electrons. The molecule has 92 valence electrons. The molecule has 0 atom stereocenters. The molecule has 17 heavy (non-hydrogen) atoms. The van der Waals surface area contributed by atoms with E-state index in [2.05, 4.69) is 11.9 Å². The zero-order chi connectivity index (χ0) is 12.5. The van der Waals surface area contributed by atoms with Gasteiger partial charge in [0, 0.05) is 12.8 Å². The molecule has 0 saturated heterocycles. The Morgan fingerprint density at radius 1 is 1.41 bits per heavy atom. The van der Waals surface area contributed by atoms with Crippen LogP contribution in [0.3, 0.4) is 0 Å². The second kappa shape index (κ2) is 7.47. The molecule has 0 fully saturated rings. The predicted molar refractivity (Wildman–Crippen MR) is 64.6 cm³/mol. The quantitative estimate of drug-likeness (QED) is 0.728. The minimum atomic E-state index is 0.281. The van der Waals surface area contributed by atoms with Crippen LogP contribution in [0.5, 0.6) is 5.88 Å². The lowest BCUT2D eigenvalue weighted by Crippen LogP contribution is -2.10. The molecule has 0 aliphatic carbocycles. The summed E-state index contributed by atoms with van der Waals surface area (Å²) in [7, 11) is 0. The fraction of sp³-hybridized carbons (Fsp3) is 0.500. The molecule has 2 N–H and O–H groups in total. The van der Waals surface area contributed by atoms with Crippen molar-refractivity contribution in [1.82, 2.24) is 4.98 Å². The molecule has 5 nitrogen and oxygen atoms in total. The topological polar surface area (TPSA) is 81.2 Å². The van der Waals surface area contributed by atoms with Crippen molar-refractivity contribution in [2.24, 2.45) is 0 Å². The van der Waals surface area contributed by atoms with E-state index in [0.717, 1.165) is 19.4 Å². The second-order valence-corrected chi connectivity index (χ2v) is 3.50. The number of unbranched alkanes of at least 4 members (excludes halogenated alkanes) is 1. The average molecular weight is 235 g/mol. The van der Waals surface area contributed by atoms with Crippen molar-refractivity contribution in [2.45, 2.75) is 19.8 Å². The Morgan fingerprint density at radius 2 is 2.24 bits per heavy atom. The molecule has 0 saturated carbocycles. The molecule has 1 rings (SSSR count). The van der Waals surface area contributed by atoms with E-state index in [1.807, 2.05) is 6.07 Å². The molecule has 1 heterocycles. The van der Waals surface area contributed by atoms with Gasteiger partial charge < -0.3 is 15.2 Å². The summed E-state index contributed by atoms with van der Waals surface area (Å²) in [6.45, 7) is 3.73. The van der Waals surface area contributed by atoms with E-state index >= 15 is 0 Å². The number of ether oxygens (including phenoxy) is 2. The van der Waals surface area contributed by atoms with Crippen molar-refractivity contribution in [1.29, 1.82) is 5.26 Å². The predicted octanol–water partition coefficient (Wildman–Crippen LogP) is 1.73. The number of anilines is 1. The summed E-state index contributed by atoms with van der Waals surface area (Å²) in [5.74, 6) is 0.295. The molecular formula is C12H17N3O2. The molecule has 0 unspecified atom stereocenters. The van der Waals surface area contributed by atoms with E-state index in [1.165, 1.54) is 6.20 Å². The van der Waals surface area contributed by atoms with Crippen LogP contribution >= 0.6 is 0 Å². The summed E-state index contributed by atoms with van der Waals surface area (Å²) in [5.41, 5.74) is 6.36. The number of rotatable bonds is 7. The zero-order valence-electron chi connectivity index (χ0n) is 9.98. The van der Waals surface area contributed by atoms with E-state index in [4.69, 9.17) is 20.5 Å². The summed E-state index contributed by atoms with van der Waals surface area (Å²) < 4.78 is 10.7. The normalized spacial score (nSPS) is 9.88. The van der Waals surface area contributed by atoms with E-state index in [0.29, 0.717) is 24.7 Å². The third-order valence-corrected chi connectivity index (χ3v) is 2.18. The maximum Gasteiger partial charge on any atom is 0.238 e. The van der Waals surface area contributed by atoms with Crippen LogP contribution in [0.1, 0.15) is 25.3 Å². The number of pyridine rings is 1. The van der Waals surface area contributed by atoms with Crippen molar-refractivity contribution in [3.63, 3.8) is 0 Å². The van der Waals surface area contributed by atoms with Crippen molar-refractivity contribution in [2.75, 3.05) is 25.6 Å². The van der Waals surface area contributed by atoms with Crippen LogP contribution < -0.4 is 10.5 Å². The van der Waals surface area contributed by atoms with Gasteiger partial charge in [-0.25, -0.2) is 4.98 Å². The largest absolute Gasteiger partial charge is 0.474 e. The van der Waals surface area contributed by atoms with Crippen LogP contribution in [0.2, 0.25) is 0 Å². The lowest BCUT2D eigenvalue weighted by Gasteiger charge is -2.08. The smallest absolute Gasteiger partial charge is 0.238 e. The lowest BCUT2D eigenvalue weighted by molar-refractivity contribution is 0.0968. The van der Waals surface area contributed by atoms with E-state index in [1.54, 1.807) is 6.07 Å².